The summed E-state index contributed by atoms with van der Waals surface area (Å²) in [4.78, 5) is 53.2. The van der Waals surface area contributed by atoms with Gasteiger partial charge in [-0.2, -0.15) is 5.10 Å². The molecule has 3 N–H and O–H groups in total. The molecule has 62 heavy (non-hydrogen) atoms. The zero-order valence-electron chi connectivity index (χ0n) is 34.6. The molecular formula is C46H48N8O6S2. The fourth-order valence-corrected chi connectivity index (χ4v) is 11.1. The van der Waals surface area contributed by atoms with E-state index in [9.17, 15) is 27.9 Å². The second-order valence-corrected chi connectivity index (χ2v) is 19.3. The molecule has 2 amide bonds. The van der Waals surface area contributed by atoms with Crippen molar-refractivity contribution in [1.82, 2.24) is 24.5 Å². The third-order valence-electron chi connectivity index (χ3n) is 12.8. The van der Waals surface area contributed by atoms with Gasteiger partial charge in [0.05, 0.1) is 27.2 Å². The lowest BCUT2D eigenvalue weighted by molar-refractivity contribution is -0.141. The van der Waals surface area contributed by atoms with Crippen molar-refractivity contribution in [2.75, 3.05) is 28.2 Å². The molecule has 16 heteroatoms. The molecule has 3 aromatic heterocycles. The second kappa shape index (κ2) is 17.0. The zero-order valence-corrected chi connectivity index (χ0v) is 36.2. The largest absolute Gasteiger partial charge is 0.481 e. The van der Waals surface area contributed by atoms with E-state index in [1.165, 1.54) is 42.7 Å². The van der Waals surface area contributed by atoms with Gasteiger partial charge < -0.3 is 14.9 Å². The van der Waals surface area contributed by atoms with Gasteiger partial charge >= 0.3 is 5.97 Å². The van der Waals surface area contributed by atoms with Crippen molar-refractivity contribution in [2.24, 2.45) is 11.8 Å². The van der Waals surface area contributed by atoms with Crippen LogP contribution in [-0.4, -0.2) is 70.2 Å². The van der Waals surface area contributed by atoms with Crippen LogP contribution in [0.3, 0.4) is 0 Å². The molecule has 9 rings (SSSR count). The van der Waals surface area contributed by atoms with Crippen molar-refractivity contribution in [3.63, 3.8) is 0 Å². The van der Waals surface area contributed by atoms with E-state index in [4.69, 9.17) is 10.1 Å². The number of rotatable bonds is 11. The minimum Gasteiger partial charge on any atom is -0.481 e. The number of benzene rings is 3. The second-order valence-electron chi connectivity index (χ2n) is 16.5. The highest BCUT2D eigenvalue weighted by Gasteiger charge is 2.36. The van der Waals surface area contributed by atoms with Crippen molar-refractivity contribution in [2.45, 2.75) is 82.8 Å². The number of carbonyl (C=O) groups is 3. The molecule has 1 unspecified atom stereocenters. The van der Waals surface area contributed by atoms with Gasteiger partial charge in [-0.15, -0.1) is 0 Å². The number of amides is 2. The standard InChI is InChI=1S/C46H48N8O6S2/c1-28-34(45(57)58)22-24-53(28)32-15-17-33(18-16-32)62(59,60)51-44(56)42-35(37-25-47-54(29(37)2)26-30-9-4-3-5-10-30)19-20-41(49-42)52-23-21-31-11-8-12-36(38(31)27-52)43(55)50-46-48-39-13-6-7-14-40(39)61-46/h6-8,11-20,25,28,30,34H,3-5,9-10,21-24,26-27H2,1-2H3,(H,51,56)(H,57,58)(H,48,50,55)/t28-,34?/m0/s1. The molecule has 1 aliphatic carbocycles. The summed E-state index contributed by atoms with van der Waals surface area (Å²) >= 11 is 1.41. The molecule has 0 spiro atoms. The van der Waals surface area contributed by atoms with Gasteiger partial charge in [-0.3, -0.25) is 24.4 Å². The van der Waals surface area contributed by atoms with Crippen molar-refractivity contribution in [3.05, 3.63) is 113 Å². The van der Waals surface area contributed by atoms with Crippen molar-refractivity contribution >= 4 is 66.0 Å². The number of nitrogens with zero attached hydrogens (tertiary/aromatic N) is 6. The van der Waals surface area contributed by atoms with Crippen LogP contribution in [0.1, 0.15) is 83.1 Å². The molecule has 320 valence electrons. The Balaban J connectivity index is 1.01. The maximum absolute atomic E-state index is 14.4. The van der Waals surface area contributed by atoms with Crippen LogP contribution in [0.25, 0.3) is 21.3 Å². The van der Waals surface area contributed by atoms with Crippen LogP contribution < -0.4 is 19.8 Å². The van der Waals surface area contributed by atoms with Gasteiger partial charge in [-0.25, -0.2) is 23.1 Å². The molecule has 6 aromatic rings. The Morgan fingerprint density at radius 1 is 0.871 bits per heavy atom. The van der Waals surface area contributed by atoms with Gasteiger partial charge in [0, 0.05) is 60.3 Å². The average Bonchev–Trinajstić information content (AvgIpc) is 3.98. The molecule has 0 radical (unpaired) electrons. The van der Waals surface area contributed by atoms with E-state index < -0.39 is 27.8 Å². The van der Waals surface area contributed by atoms with Crippen LogP contribution in [-0.2, 0) is 34.3 Å². The highest BCUT2D eigenvalue weighted by Crippen LogP contribution is 2.35. The number of thiazole rings is 1. The van der Waals surface area contributed by atoms with Crippen molar-refractivity contribution < 1.29 is 27.9 Å². The first-order chi connectivity index (χ1) is 29.9. The predicted molar refractivity (Wildman–Crippen MR) is 239 cm³/mol. The first-order valence-corrected chi connectivity index (χ1v) is 23.5. The van der Waals surface area contributed by atoms with Gasteiger partial charge in [0.15, 0.2) is 5.13 Å². The summed E-state index contributed by atoms with van der Waals surface area (Å²) in [6.45, 7) is 5.98. The Morgan fingerprint density at radius 3 is 2.42 bits per heavy atom. The molecule has 3 aromatic carbocycles. The van der Waals surface area contributed by atoms with Gasteiger partial charge in [-0.1, -0.05) is 54.9 Å². The number of para-hydroxylation sites is 1. The number of hydrogen-bond acceptors (Lipinski definition) is 11. The van der Waals surface area contributed by atoms with Crippen LogP contribution in [0.15, 0.2) is 90.0 Å². The zero-order chi connectivity index (χ0) is 43.1. The van der Waals surface area contributed by atoms with E-state index in [-0.39, 0.29) is 22.5 Å². The number of fused-ring (bicyclic) bond motifs is 2. The Hall–Kier alpha value is -6.13. The first kappa shape index (κ1) is 41.2. The van der Waals surface area contributed by atoms with Crippen LogP contribution in [0.2, 0.25) is 0 Å². The third kappa shape index (κ3) is 8.16. The Bertz CT molecular complexity index is 2760. The molecule has 5 heterocycles. The lowest BCUT2D eigenvalue weighted by Gasteiger charge is -2.31. The summed E-state index contributed by atoms with van der Waals surface area (Å²) in [6.07, 6.45) is 8.76. The fourth-order valence-electron chi connectivity index (χ4n) is 9.28. The van der Waals surface area contributed by atoms with E-state index in [2.05, 4.69) is 15.0 Å². The number of carboxylic acid groups (broad SMARTS) is 1. The number of hydrogen-bond donors (Lipinski definition) is 3. The van der Waals surface area contributed by atoms with Crippen molar-refractivity contribution in [3.8, 4) is 11.1 Å². The van der Waals surface area contributed by atoms with Crippen LogP contribution in [0.5, 0.6) is 0 Å². The summed E-state index contributed by atoms with van der Waals surface area (Å²) in [5.74, 6) is -1.57. The number of carbonyl (C=O) groups excluding carboxylic acids is 2. The number of anilines is 3. The lowest BCUT2D eigenvalue weighted by Crippen LogP contribution is -2.35. The lowest BCUT2D eigenvalue weighted by atomic mass is 9.89. The predicted octanol–water partition coefficient (Wildman–Crippen LogP) is 7.68. The third-order valence-corrected chi connectivity index (χ3v) is 15.1. The molecule has 0 bridgehead atoms. The summed E-state index contributed by atoms with van der Waals surface area (Å²) in [5.41, 5.74) is 5.82. The molecular weight excluding hydrogens is 825 g/mol. The molecule has 2 fully saturated rings. The molecule has 3 aliphatic rings. The number of carboxylic acids is 1. The van der Waals surface area contributed by atoms with E-state index >= 15 is 0 Å². The summed E-state index contributed by atoms with van der Waals surface area (Å²) in [5, 5.41) is 17.8. The van der Waals surface area contributed by atoms with Gasteiger partial charge in [-0.05, 0) is 111 Å². The number of nitrogens with one attached hydrogen (secondary N) is 2. The van der Waals surface area contributed by atoms with Crippen molar-refractivity contribution in [1.29, 1.82) is 0 Å². The van der Waals surface area contributed by atoms with Crippen LogP contribution >= 0.6 is 11.3 Å². The average molecular weight is 873 g/mol. The molecule has 14 nitrogen and oxygen atoms in total. The maximum atomic E-state index is 14.4. The quantitative estimate of drug-likeness (QED) is 0.116. The topological polar surface area (TPSA) is 180 Å². The number of aliphatic carboxylic acids is 1. The SMILES string of the molecule is Cc1c(-c2ccc(N3CCc4cccc(C(=O)Nc5nc6ccccc6s5)c4C3)nc2C(=O)NS(=O)(=O)c2ccc(N3CCC(C(=O)O)[C@@H]3C)cc2)cnn1CC1CCCCC1. The molecule has 2 atom stereocenters. The van der Waals surface area contributed by atoms with Gasteiger partial charge in [0.2, 0.25) is 0 Å². The first-order valence-electron chi connectivity index (χ1n) is 21.2. The van der Waals surface area contributed by atoms with Crippen LogP contribution in [0.4, 0.5) is 16.6 Å². The molecule has 1 saturated heterocycles. The highest BCUT2D eigenvalue weighted by molar-refractivity contribution is 7.90. The summed E-state index contributed by atoms with van der Waals surface area (Å²) < 4.78 is 33.0. The maximum Gasteiger partial charge on any atom is 0.308 e. The van der Waals surface area contributed by atoms with Gasteiger partial charge in [0.25, 0.3) is 21.8 Å². The normalized spacial score (nSPS) is 18.2. The smallest absolute Gasteiger partial charge is 0.308 e. The van der Waals surface area contributed by atoms with E-state index in [1.807, 2.05) is 70.8 Å². The monoisotopic (exact) mass is 872 g/mol. The molecule has 1 saturated carbocycles. The number of pyridine rings is 1. The minimum atomic E-state index is -4.37. The van der Waals surface area contributed by atoms with Gasteiger partial charge in [0.1, 0.15) is 11.5 Å². The number of sulfonamides is 1. The summed E-state index contributed by atoms with van der Waals surface area (Å²) in [6, 6.07) is 22.9. The fraction of sp³-hybridized carbons (Fsp3) is 0.348. The van der Waals surface area contributed by atoms with E-state index in [0.29, 0.717) is 71.7 Å². The van der Waals surface area contributed by atoms with E-state index in [1.54, 1.807) is 30.5 Å². The minimum absolute atomic E-state index is 0.0683. The summed E-state index contributed by atoms with van der Waals surface area (Å²) in [7, 11) is -4.37. The Labute approximate surface area is 364 Å². The van der Waals surface area contributed by atoms with Crippen LogP contribution in [0, 0.1) is 18.8 Å². The Morgan fingerprint density at radius 2 is 1.66 bits per heavy atom. The van der Waals surface area contributed by atoms with E-state index in [0.717, 1.165) is 46.4 Å². The number of aromatic nitrogens is 4. The molecule has 2 aliphatic heterocycles. The Kier molecular flexibility index (Phi) is 11.3. The highest BCUT2D eigenvalue weighted by atomic mass is 32.2.